The van der Waals surface area contributed by atoms with Crippen LogP contribution in [0.2, 0.25) is 0 Å². The molecular formula is C17H37N7. The first kappa shape index (κ1) is 24.5. The highest BCUT2D eigenvalue weighted by molar-refractivity contribution is 5.96. The number of amidine groups is 1. The maximum absolute atomic E-state index is 7.73. The number of unbranched alkanes of at least 4 members (excludes halogenated alkanes) is 2. The first-order valence-corrected chi connectivity index (χ1v) is 8.88. The molecule has 1 rings (SSSR count). The van der Waals surface area contributed by atoms with E-state index in [1.54, 1.807) is 0 Å². The molecule has 0 spiro atoms. The molecule has 140 valence electrons. The standard InChI is InChI=1S/C14H26N6.C2H6.CH5N/c1-4-5-6-7-12-10(2)8-9-13(14(15)19-20-16)18-17-11(12)3;2*1-2/h9-10,12,18H,4-8H2,1-3H3,(H3,15,16,19);1-2H3;2H2,1H3/b13-9+,17-11+;;. The smallest absolute Gasteiger partial charge is 0.193 e. The molecule has 0 aromatic carbocycles. The van der Waals surface area contributed by atoms with Gasteiger partial charge in [0.15, 0.2) is 5.84 Å². The van der Waals surface area contributed by atoms with Crippen LogP contribution in [0.3, 0.4) is 0 Å². The molecule has 2 unspecified atom stereocenters. The monoisotopic (exact) mass is 339 g/mol. The van der Waals surface area contributed by atoms with Crippen LogP contribution in [0.25, 0.3) is 0 Å². The third kappa shape index (κ3) is 9.39. The highest BCUT2D eigenvalue weighted by atomic mass is 15.4. The molecule has 2 atom stereocenters. The summed E-state index contributed by atoms with van der Waals surface area (Å²) in [6, 6.07) is 0. The second-order valence-corrected chi connectivity index (χ2v) is 5.36. The van der Waals surface area contributed by atoms with Gasteiger partial charge in [-0.3, -0.25) is 10.8 Å². The summed E-state index contributed by atoms with van der Waals surface area (Å²) in [6.07, 6.45) is 7.79. The predicted octanol–water partition coefficient (Wildman–Crippen LogP) is 3.98. The van der Waals surface area contributed by atoms with Crippen molar-refractivity contribution in [2.75, 3.05) is 7.05 Å². The Morgan fingerprint density at radius 2 is 2.00 bits per heavy atom. The van der Waals surface area contributed by atoms with Crippen molar-refractivity contribution in [3.05, 3.63) is 11.8 Å². The Morgan fingerprint density at radius 1 is 1.38 bits per heavy atom. The minimum Gasteiger partial charge on any atom is -0.333 e. The largest absolute Gasteiger partial charge is 0.333 e. The van der Waals surface area contributed by atoms with E-state index in [1.165, 1.54) is 32.7 Å². The van der Waals surface area contributed by atoms with Crippen LogP contribution < -0.4 is 17.0 Å². The van der Waals surface area contributed by atoms with Gasteiger partial charge in [-0.1, -0.05) is 58.3 Å². The zero-order chi connectivity index (χ0) is 19.0. The average Bonchev–Trinajstić information content (AvgIpc) is 2.61. The van der Waals surface area contributed by atoms with Gasteiger partial charge < -0.3 is 11.6 Å². The Labute approximate surface area is 147 Å². The fourth-order valence-corrected chi connectivity index (χ4v) is 2.53. The number of nitrogens with two attached hydrogens (primary N) is 2. The summed E-state index contributed by atoms with van der Waals surface area (Å²) in [6.45, 7) is 10.5. The maximum atomic E-state index is 7.73. The van der Waals surface area contributed by atoms with Gasteiger partial charge in [0.2, 0.25) is 0 Å². The molecule has 0 aliphatic carbocycles. The zero-order valence-corrected chi connectivity index (χ0v) is 16.3. The number of rotatable bonds is 5. The Kier molecular flexibility index (Phi) is 16.4. The molecule has 0 aromatic rings. The van der Waals surface area contributed by atoms with Crippen LogP contribution in [0.4, 0.5) is 0 Å². The average molecular weight is 340 g/mol. The number of hydrogen-bond acceptors (Lipinski definition) is 5. The van der Waals surface area contributed by atoms with E-state index in [-0.39, 0.29) is 5.84 Å². The zero-order valence-electron chi connectivity index (χ0n) is 16.3. The fraction of sp³-hybridized carbons (Fsp3) is 0.765. The molecule has 7 nitrogen and oxygen atoms in total. The van der Waals surface area contributed by atoms with E-state index in [0.29, 0.717) is 17.5 Å². The van der Waals surface area contributed by atoms with Gasteiger partial charge in [-0.2, -0.15) is 5.10 Å². The topological polar surface area (TPSA) is 125 Å². The summed E-state index contributed by atoms with van der Waals surface area (Å²) >= 11 is 0. The summed E-state index contributed by atoms with van der Waals surface area (Å²) in [7, 11) is 1.50. The number of allylic oxidation sites excluding steroid dienone is 1. The molecule has 1 heterocycles. The molecule has 0 bridgehead atoms. The van der Waals surface area contributed by atoms with E-state index in [4.69, 9.17) is 11.3 Å². The predicted molar refractivity (Wildman–Crippen MR) is 104 cm³/mol. The summed E-state index contributed by atoms with van der Waals surface area (Å²) < 4.78 is 0. The Morgan fingerprint density at radius 3 is 2.54 bits per heavy atom. The van der Waals surface area contributed by atoms with Crippen molar-refractivity contribution in [1.29, 1.82) is 5.41 Å². The summed E-state index contributed by atoms with van der Waals surface area (Å²) in [5, 5.41) is 18.8. The highest BCUT2D eigenvalue weighted by Crippen LogP contribution is 2.25. The second-order valence-electron chi connectivity index (χ2n) is 5.36. The van der Waals surface area contributed by atoms with Crippen LogP contribution in [-0.4, -0.2) is 18.6 Å². The molecule has 1 aliphatic rings. The fourth-order valence-electron chi connectivity index (χ4n) is 2.53. The van der Waals surface area contributed by atoms with Crippen molar-refractivity contribution in [1.82, 2.24) is 5.43 Å². The number of hydrazone groups is 1. The number of nitrogens with one attached hydrogen (secondary N) is 2. The van der Waals surface area contributed by atoms with Crippen molar-refractivity contribution in [3.8, 4) is 0 Å². The number of nitrogens with zero attached hydrogens (tertiary/aromatic N) is 3. The Bertz CT molecular complexity index is 413. The van der Waals surface area contributed by atoms with Gasteiger partial charge >= 0.3 is 0 Å². The second kappa shape index (κ2) is 16.1. The Hall–Kier alpha value is -1.76. The van der Waals surface area contributed by atoms with Crippen molar-refractivity contribution in [2.24, 2.45) is 38.9 Å². The molecule has 24 heavy (non-hydrogen) atoms. The third-order valence-electron chi connectivity index (χ3n) is 3.80. The SMILES string of the molecule is CC.CCCCCC1/C(C)=N/N/C(C(=N)N=NN)=C/CC1C.CN. The van der Waals surface area contributed by atoms with Crippen LogP contribution in [0.5, 0.6) is 0 Å². The molecule has 0 saturated heterocycles. The quantitative estimate of drug-likeness (QED) is 0.151. The molecule has 0 amide bonds. The van der Waals surface area contributed by atoms with Crippen LogP contribution >= 0.6 is 0 Å². The molecular weight excluding hydrogens is 302 g/mol. The Balaban J connectivity index is 0. The van der Waals surface area contributed by atoms with Gasteiger partial charge in [0.05, 0.1) is 5.70 Å². The van der Waals surface area contributed by atoms with Gasteiger partial charge in [-0.05, 0) is 32.7 Å². The van der Waals surface area contributed by atoms with E-state index >= 15 is 0 Å². The summed E-state index contributed by atoms with van der Waals surface area (Å²) in [4.78, 5) is 0. The molecule has 0 radical (unpaired) electrons. The summed E-state index contributed by atoms with van der Waals surface area (Å²) in [5.41, 5.74) is 9.07. The van der Waals surface area contributed by atoms with Crippen molar-refractivity contribution >= 4 is 11.5 Å². The van der Waals surface area contributed by atoms with Crippen LogP contribution in [0, 0.1) is 17.2 Å². The van der Waals surface area contributed by atoms with Gasteiger partial charge in [-0.25, -0.2) is 0 Å². The van der Waals surface area contributed by atoms with E-state index in [2.05, 4.69) is 47.4 Å². The van der Waals surface area contributed by atoms with Crippen molar-refractivity contribution in [3.63, 3.8) is 0 Å². The molecule has 6 N–H and O–H groups in total. The van der Waals surface area contributed by atoms with Crippen molar-refractivity contribution in [2.45, 2.75) is 66.7 Å². The van der Waals surface area contributed by atoms with E-state index < -0.39 is 0 Å². The van der Waals surface area contributed by atoms with E-state index in [0.717, 1.165) is 12.1 Å². The van der Waals surface area contributed by atoms with Gasteiger partial charge in [-0.15, -0.1) is 5.11 Å². The minimum atomic E-state index is 0.0145. The third-order valence-corrected chi connectivity index (χ3v) is 3.80. The van der Waals surface area contributed by atoms with Gasteiger partial charge in [0.1, 0.15) is 0 Å². The highest BCUT2D eigenvalue weighted by Gasteiger charge is 2.21. The molecule has 1 aliphatic heterocycles. The molecule has 0 saturated carbocycles. The van der Waals surface area contributed by atoms with Crippen LogP contribution in [0.1, 0.15) is 66.7 Å². The summed E-state index contributed by atoms with van der Waals surface area (Å²) in [5.74, 6) is 6.00. The number of hydrogen-bond donors (Lipinski definition) is 4. The van der Waals surface area contributed by atoms with E-state index in [9.17, 15) is 0 Å². The lowest BCUT2D eigenvalue weighted by molar-refractivity contribution is 0.409. The van der Waals surface area contributed by atoms with Crippen LogP contribution in [-0.2, 0) is 0 Å². The lowest BCUT2D eigenvalue weighted by atomic mass is 9.83. The molecule has 0 aromatic heterocycles. The lowest BCUT2D eigenvalue weighted by Gasteiger charge is -2.25. The lowest BCUT2D eigenvalue weighted by Crippen LogP contribution is -2.26. The molecule has 7 heteroatoms. The van der Waals surface area contributed by atoms with Crippen LogP contribution in [0.15, 0.2) is 27.2 Å². The van der Waals surface area contributed by atoms with Crippen molar-refractivity contribution < 1.29 is 0 Å². The first-order chi connectivity index (χ1) is 11.6. The first-order valence-electron chi connectivity index (χ1n) is 8.88. The normalized spacial score (nSPS) is 24.5. The van der Waals surface area contributed by atoms with Gasteiger partial charge in [0, 0.05) is 11.6 Å². The minimum absolute atomic E-state index is 0.0145. The van der Waals surface area contributed by atoms with Gasteiger partial charge in [0.25, 0.3) is 0 Å². The molecule has 0 fully saturated rings. The van der Waals surface area contributed by atoms with E-state index in [1.807, 2.05) is 19.9 Å². The maximum Gasteiger partial charge on any atom is 0.193 e.